The van der Waals surface area contributed by atoms with Crippen molar-refractivity contribution in [3.05, 3.63) is 36.5 Å². The molecule has 80 valence electrons. The van der Waals surface area contributed by atoms with Gasteiger partial charge in [0.05, 0.1) is 6.04 Å². The molecule has 0 bridgehead atoms. The minimum Gasteiger partial charge on any atom is -0.320 e. The Morgan fingerprint density at radius 2 is 2.47 bits per heavy atom. The van der Waals surface area contributed by atoms with Crippen molar-refractivity contribution < 1.29 is 4.79 Å². The van der Waals surface area contributed by atoms with E-state index in [1.54, 1.807) is 18.3 Å². The van der Waals surface area contributed by atoms with E-state index in [2.05, 4.69) is 16.9 Å². The first-order chi connectivity index (χ1) is 7.13. The molecule has 1 unspecified atom stereocenters. The molecule has 0 aliphatic carbocycles. The molecule has 1 heterocycles. The number of nitrogens with one attached hydrogen (secondary N) is 1. The van der Waals surface area contributed by atoms with Gasteiger partial charge in [-0.1, -0.05) is 12.1 Å². The van der Waals surface area contributed by atoms with E-state index in [9.17, 15) is 4.79 Å². The van der Waals surface area contributed by atoms with Crippen LogP contribution >= 0.6 is 0 Å². The normalized spacial score (nSPS) is 11.9. The van der Waals surface area contributed by atoms with Crippen molar-refractivity contribution in [3.63, 3.8) is 0 Å². The zero-order valence-electron chi connectivity index (χ0n) is 8.73. The van der Waals surface area contributed by atoms with E-state index in [0.717, 1.165) is 5.56 Å². The van der Waals surface area contributed by atoms with E-state index < -0.39 is 6.04 Å². The van der Waals surface area contributed by atoms with Crippen LogP contribution in [0.3, 0.4) is 0 Å². The Morgan fingerprint density at radius 3 is 3.00 bits per heavy atom. The SMILES string of the molecule is C=CCC(N)C(=O)Nc1ccc(C)cn1. The Balaban J connectivity index is 2.58. The van der Waals surface area contributed by atoms with E-state index >= 15 is 0 Å². The lowest BCUT2D eigenvalue weighted by molar-refractivity contribution is -0.117. The van der Waals surface area contributed by atoms with Crippen molar-refractivity contribution in [2.24, 2.45) is 5.73 Å². The molecule has 15 heavy (non-hydrogen) atoms. The van der Waals surface area contributed by atoms with Gasteiger partial charge >= 0.3 is 0 Å². The van der Waals surface area contributed by atoms with Gasteiger partial charge < -0.3 is 11.1 Å². The summed E-state index contributed by atoms with van der Waals surface area (Å²) in [5.41, 5.74) is 6.64. The summed E-state index contributed by atoms with van der Waals surface area (Å²) in [7, 11) is 0. The molecule has 0 aromatic carbocycles. The Labute approximate surface area is 89.2 Å². The topological polar surface area (TPSA) is 68.0 Å². The molecule has 0 fully saturated rings. The number of nitrogens with zero attached hydrogens (tertiary/aromatic N) is 1. The predicted molar refractivity (Wildman–Crippen MR) is 60.4 cm³/mol. The van der Waals surface area contributed by atoms with Crippen LogP contribution in [0.2, 0.25) is 0 Å². The summed E-state index contributed by atoms with van der Waals surface area (Å²) in [6.45, 7) is 5.46. The van der Waals surface area contributed by atoms with Gasteiger partial charge in [-0.05, 0) is 25.0 Å². The average Bonchev–Trinajstić information content (AvgIpc) is 2.22. The third-order valence-electron chi connectivity index (χ3n) is 1.92. The number of nitrogens with two attached hydrogens (primary N) is 1. The number of aromatic nitrogens is 1. The van der Waals surface area contributed by atoms with Gasteiger partial charge in [0.1, 0.15) is 5.82 Å². The van der Waals surface area contributed by atoms with Gasteiger partial charge in [-0.2, -0.15) is 0 Å². The predicted octanol–water partition coefficient (Wildman–Crippen LogP) is 1.23. The summed E-state index contributed by atoms with van der Waals surface area (Å²) in [4.78, 5) is 15.5. The molecule has 4 nitrogen and oxygen atoms in total. The first-order valence-corrected chi connectivity index (χ1v) is 4.73. The van der Waals surface area contributed by atoms with Crippen LogP contribution in [0.1, 0.15) is 12.0 Å². The standard InChI is InChI=1S/C11H15N3O/c1-3-4-9(12)11(15)14-10-6-5-8(2)7-13-10/h3,5-7,9H,1,4,12H2,2H3,(H,13,14,15). The molecule has 1 aromatic heterocycles. The van der Waals surface area contributed by atoms with Gasteiger partial charge in [0.25, 0.3) is 0 Å². The Hall–Kier alpha value is -1.68. The van der Waals surface area contributed by atoms with Crippen LogP contribution in [0.25, 0.3) is 0 Å². The molecular weight excluding hydrogens is 190 g/mol. The van der Waals surface area contributed by atoms with Crippen LogP contribution in [0.4, 0.5) is 5.82 Å². The van der Waals surface area contributed by atoms with E-state index in [1.807, 2.05) is 13.0 Å². The maximum absolute atomic E-state index is 11.5. The molecule has 0 saturated carbocycles. The lowest BCUT2D eigenvalue weighted by Gasteiger charge is -2.09. The molecule has 1 rings (SSSR count). The van der Waals surface area contributed by atoms with Crippen LogP contribution in [-0.4, -0.2) is 16.9 Å². The van der Waals surface area contributed by atoms with Crippen molar-refractivity contribution in [1.29, 1.82) is 0 Å². The second-order valence-electron chi connectivity index (χ2n) is 3.34. The van der Waals surface area contributed by atoms with Crippen LogP contribution in [0.5, 0.6) is 0 Å². The molecular formula is C11H15N3O. The van der Waals surface area contributed by atoms with Gasteiger partial charge in [0, 0.05) is 6.20 Å². The van der Waals surface area contributed by atoms with E-state index in [4.69, 9.17) is 5.73 Å². The lowest BCUT2D eigenvalue weighted by Crippen LogP contribution is -2.35. The monoisotopic (exact) mass is 205 g/mol. The van der Waals surface area contributed by atoms with Gasteiger partial charge in [-0.25, -0.2) is 4.98 Å². The van der Waals surface area contributed by atoms with Crippen molar-refractivity contribution in [1.82, 2.24) is 4.98 Å². The number of carbonyl (C=O) groups excluding carboxylic acids is 1. The first-order valence-electron chi connectivity index (χ1n) is 4.73. The number of rotatable bonds is 4. The number of amides is 1. The summed E-state index contributed by atoms with van der Waals surface area (Å²) < 4.78 is 0. The fourth-order valence-corrected chi connectivity index (χ4v) is 1.05. The fraction of sp³-hybridized carbons (Fsp3) is 0.273. The third kappa shape index (κ3) is 3.52. The maximum atomic E-state index is 11.5. The highest BCUT2D eigenvalue weighted by atomic mass is 16.2. The fourth-order valence-electron chi connectivity index (χ4n) is 1.05. The highest BCUT2D eigenvalue weighted by molar-refractivity contribution is 5.93. The average molecular weight is 205 g/mol. The van der Waals surface area contributed by atoms with Gasteiger partial charge in [0.2, 0.25) is 5.91 Å². The molecule has 0 aliphatic heterocycles. The maximum Gasteiger partial charge on any atom is 0.242 e. The number of anilines is 1. The summed E-state index contributed by atoms with van der Waals surface area (Å²) in [6.07, 6.45) is 3.76. The third-order valence-corrected chi connectivity index (χ3v) is 1.92. The second-order valence-corrected chi connectivity index (χ2v) is 3.34. The van der Waals surface area contributed by atoms with Gasteiger partial charge in [-0.15, -0.1) is 6.58 Å². The molecule has 1 atom stereocenters. The van der Waals surface area contributed by atoms with E-state index in [1.165, 1.54) is 0 Å². The lowest BCUT2D eigenvalue weighted by atomic mass is 10.2. The summed E-state index contributed by atoms with van der Waals surface area (Å²) in [5, 5.41) is 2.63. The van der Waals surface area contributed by atoms with Crippen LogP contribution < -0.4 is 11.1 Å². The summed E-state index contributed by atoms with van der Waals surface area (Å²) in [6, 6.07) is 3.06. The Morgan fingerprint density at radius 1 is 1.73 bits per heavy atom. The van der Waals surface area contributed by atoms with Gasteiger partial charge in [-0.3, -0.25) is 4.79 Å². The quantitative estimate of drug-likeness (QED) is 0.726. The smallest absolute Gasteiger partial charge is 0.242 e. The molecule has 4 heteroatoms. The minimum atomic E-state index is -0.564. The summed E-state index contributed by atoms with van der Waals surface area (Å²) in [5.74, 6) is 0.274. The number of hydrogen-bond donors (Lipinski definition) is 2. The van der Waals surface area contributed by atoms with Crippen molar-refractivity contribution in [2.75, 3.05) is 5.32 Å². The number of aryl methyl sites for hydroxylation is 1. The molecule has 0 saturated heterocycles. The molecule has 3 N–H and O–H groups in total. The Bertz CT molecular complexity index is 345. The largest absolute Gasteiger partial charge is 0.320 e. The number of pyridine rings is 1. The van der Waals surface area contributed by atoms with Crippen LogP contribution in [0, 0.1) is 6.92 Å². The number of carbonyl (C=O) groups is 1. The highest BCUT2D eigenvalue weighted by Gasteiger charge is 2.11. The van der Waals surface area contributed by atoms with Crippen LogP contribution in [0.15, 0.2) is 31.0 Å². The molecule has 0 spiro atoms. The molecule has 0 radical (unpaired) electrons. The highest BCUT2D eigenvalue weighted by Crippen LogP contribution is 2.04. The minimum absolute atomic E-state index is 0.244. The van der Waals surface area contributed by atoms with Crippen molar-refractivity contribution in [2.45, 2.75) is 19.4 Å². The van der Waals surface area contributed by atoms with Crippen LogP contribution in [-0.2, 0) is 4.79 Å². The first kappa shape index (κ1) is 11.4. The second kappa shape index (κ2) is 5.26. The van der Waals surface area contributed by atoms with Crippen molar-refractivity contribution >= 4 is 11.7 Å². The Kier molecular flexibility index (Phi) is 4.00. The van der Waals surface area contributed by atoms with E-state index in [-0.39, 0.29) is 5.91 Å². The van der Waals surface area contributed by atoms with Crippen molar-refractivity contribution in [3.8, 4) is 0 Å². The molecule has 0 aliphatic rings. The molecule has 1 aromatic rings. The van der Waals surface area contributed by atoms with E-state index in [0.29, 0.717) is 12.2 Å². The zero-order chi connectivity index (χ0) is 11.3. The molecule has 1 amide bonds. The zero-order valence-corrected chi connectivity index (χ0v) is 8.73. The number of hydrogen-bond acceptors (Lipinski definition) is 3. The van der Waals surface area contributed by atoms with Gasteiger partial charge in [0.15, 0.2) is 0 Å². The summed E-state index contributed by atoms with van der Waals surface area (Å²) >= 11 is 0.